The van der Waals surface area contributed by atoms with Crippen molar-refractivity contribution in [2.75, 3.05) is 6.61 Å². The van der Waals surface area contributed by atoms with Gasteiger partial charge in [0.05, 0.1) is 16.9 Å². The topological polar surface area (TPSA) is 64.3 Å². The van der Waals surface area contributed by atoms with Crippen molar-refractivity contribution in [3.05, 3.63) is 41.4 Å². The molecule has 0 bridgehead atoms. The summed E-state index contributed by atoms with van der Waals surface area (Å²) >= 11 is 5.93. The van der Waals surface area contributed by atoms with Crippen LogP contribution in [0.15, 0.2) is 30.9 Å². The van der Waals surface area contributed by atoms with Crippen molar-refractivity contribution in [2.45, 2.75) is 6.04 Å². The maximum Gasteiger partial charge on any atom is 0.193 e. The average molecular weight is 265 g/mol. The minimum atomic E-state index is -0.474. The Morgan fingerprint density at radius 3 is 3.06 bits per heavy atom. The molecule has 0 spiro atoms. The van der Waals surface area contributed by atoms with E-state index < -0.39 is 6.04 Å². The first-order valence-electron chi connectivity index (χ1n) is 5.34. The summed E-state index contributed by atoms with van der Waals surface area (Å²) in [6.45, 7) is 0.201. The molecular formula is C12H9ClN2O3. The van der Waals surface area contributed by atoms with Gasteiger partial charge < -0.3 is 14.4 Å². The number of Topliss-reactive ketones (excluding diaryl/α,β-unsaturated/α-hetero) is 1. The first-order chi connectivity index (χ1) is 8.66. The summed E-state index contributed by atoms with van der Waals surface area (Å²) in [5.41, 5.74) is 0.296. The van der Waals surface area contributed by atoms with E-state index in [1.165, 1.54) is 12.1 Å². The van der Waals surface area contributed by atoms with Gasteiger partial charge >= 0.3 is 0 Å². The number of fused-ring (bicyclic) bond motifs is 1. The molecule has 3 rings (SSSR count). The predicted molar refractivity (Wildman–Crippen MR) is 64.2 cm³/mol. The van der Waals surface area contributed by atoms with Crippen LogP contribution in [0.3, 0.4) is 0 Å². The molecule has 1 unspecified atom stereocenters. The van der Waals surface area contributed by atoms with Crippen LogP contribution >= 0.6 is 11.6 Å². The van der Waals surface area contributed by atoms with Gasteiger partial charge in [-0.3, -0.25) is 4.79 Å². The van der Waals surface area contributed by atoms with Crippen LogP contribution in [-0.2, 0) is 0 Å². The summed E-state index contributed by atoms with van der Waals surface area (Å²) in [6, 6.07) is 2.25. The van der Waals surface area contributed by atoms with Crippen molar-refractivity contribution in [2.24, 2.45) is 0 Å². The van der Waals surface area contributed by atoms with E-state index >= 15 is 0 Å². The molecule has 5 nitrogen and oxygen atoms in total. The van der Waals surface area contributed by atoms with E-state index in [-0.39, 0.29) is 23.2 Å². The third-order valence-electron chi connectivity index (χ3n) is 2.87. The Morgan fingerprint density at radius 1 is 1.50 bits per heavy atom. The second-order valence-electron chi connectivity index (χ2n) is 4.01. The Kier molecular flexibility index (Phi) is 2.48. The van der Waals surface area contributed by atoms with E-state index in [9.17, 15) is 9.90 Å². The van der Waals surface area contributed by atoms with Crippen LogP contribution in [0.5, 0.6) is 11.5 Å². The highest BCUT2D eigenvalue weighted by Crippen LogP contribution is 2.38. The Bertz CT molecular complexity index is 610. The number of phenolic OH excluding ortho intramolecular Hbond substituents is 1. The molecule has 1 N–H and O–H groups in total. The van der Waals surface area contributed by atoms with Crippen LogP contribution in [0.2, 0.25) is 5.02 Å². The van der Waals surface area contributed by atoms with E-state index in [0.717, 1.165) is 0 Å². The SMILES string of the molecule is O=C1c2cc(O)cc(Cl)c2OCC1n1ccnc1. The number of aromatic hydroxyl groups is 1. The summed E-state index contributed by atoms with van der Waals surface area (Å²) < 4.78 is 7.17. The third kappa shape index (κ3) is 1.64. The molecular weight excluding hydrogens is 256 g/mol. The van der Waals surface area contributed by atoms with Gasteiger partial charge in [0.15, 0.2) is 5.78 Å². The quantitative estimate of drug-likeness (QED) is 0.856. The van der Waals surface area contributed by atoms with Crippen LogP contribution in [0, 0.1) is 0 Å². The number of carbonyl (C=O) groups excluding carboxylic acids is 1. The molecule has 0 saturated carbocycles. The minimum absolute atomic E-state index is 0.0537. The number of hydrogen-bond donors (Lipinski definition) is 1. The first-order valence-corrected chi connectivity index (χ1v) is 5.71. The highest BCUT2D eigenvalue weighted by atomic mass is 35.5. The molecule has 0 fully saturated rings. The number of hydrogen-bond acceptors (Lipinski definition) is 4. The van der Waals surface area contributed by atoms with E-state index in [2.05, 4.69) is 4.98 Å². The second kappa shape index (κ2) is 4.03. The van der Waals surface area contributed by atoms with Crippen molar-refractivity contribution in [1.82, 2.24) is 9.55 Å². The molecule has 0 saturated heterocycles. The number of imidazole rings is 1. The van der Waals surface area contributed by atoms with E-state index in [1.54, 1.807) is 23.3 Å². The highest BCUT2D eigenvalue weighted by Gasteiger charge is 2.31. The van der Waals surface area contributed by atoms with E-state index in [1.807, 2.05) is 0 Å². The van der Waals surface area contributed by atoms with Gasteiger partial charge in [-0.25, -0.2) is 4.98 Å². The van der Waals surface area contributed by atoms with Crippen LogP contribution in [-0.4, -0.2) is 27.0 Å². The molecule has 1 aromatic carbocycles. The normalized spacial score (nSPS) is 18.3. The smallest absolute Gasteiger partial charge is 0.193 e. The van der Waals surface area contributed by atoms with Gasteiger partial charge in [-0.1, -0.05) is 11.6 Å². The Balaban J connectivity index is 2.07. The minimum Gasteiger partial charge on any atom is -0.508 e. The van der Waals surface area contributed by atoms with Crippen LogP contribution in [0.4, 0.5) is 0 Å². The largest absolute Gasteiger partial charge is 0.508 e. The molecule has 18 heavy (non-hydrogen) atoms. The van der Waals surface area contributed by atoms with Crippen molar-refractivity contribution in [1.29, 1.82) is 0 Å². The standard InChI is InChI=1S/C12H9ClN2O3/c13-9-4-7(16)3-8-11(17)10(5-18-12(8)9)15-2-1-14-6-15/h1-4,6,10,16H,5H2. The van der Waals surface area contributed by atoms with Crippen LogP contribution < -0.4 is 4.74 Å². The van der Waals surface area contributed by atoms with Crippen LogP contribution in [0.1, 0.15) is 16.4 Å². The number of carbonyl (C=O) groups is 1. The number of aromatic nitrogens is 2. The number of benzene rings is 1. The zero-order chi connectivity index (χ0) is 12.7. The Labute approximate surface area is 108 Å². The van der Waals surface area contributed by atoms with Gasteiger partial charge in [0, 0.05) is 18.5 Å². The summed E-state index contributed by atoms with van der Waals surface area (Å²) in [7, 11) is 0. The molecule has 1 aromatic heterocycles. The molecule has 0 aliphatic carbocycles. The van der Waals surface area contributed by atoms with Gasteiger partial charge in [-0.15, -0.1) is 0 Å². The molecule has 2 heterocycles. The Hall–Kier alpha value is -2.01. The molecule has 92 valence electrons. The zero-order valence-corrected chi connectivity index (χ0v) is 9.96. The number of ether oxygens (including phenoxy) is 1. The molecule has 1 aliphatic rings. The average Bonchev–Trinajstić information content (AvgIpc) is 2.84. The number of phenols is 1. The number of nitrogens with zero attached hydrogens (tertiary/aromatic N) is 2. The second-order valence-corrected chi connectivity index (χ2v) is 4.41. The molecule has 0 radical (unpaired) electrons. The summed E-state index contributed by atoms with van der Waals surface area (Å²) in [6.07, 6.45) is 4.85. The fourth-order valence-electron chi connectivity index (χ4n) is 2.00. The number of halogens is 1. The van der Waals surface area contributed by atoms with E-state index in [0.29, 0.717) is 11.3 Å². The summed E-state index contributed by atoms with van der Waals surface area (Å²) in [5.74, 6) is 0.130. The monoisotopic (exact) mass is 264 g/mol. The van der Waals surface area contributed by atoms with Crippen LogP contribution in [0.25, 0.3) is 0 Å². The fraction of sp³-hybridized carbons (Fsp3) is 0.167. The molecule has 1 aliphatic heterocycles. The lowest BCUT2D eigenvalue weighted by molar-refractivity contribution is 0.0840. The van der Waals surface area contributed by atoms with Gasteiger partial charge in [0.2, 0.25) is 0 Å². The van der Waals surface area contributed by atoms with Crippen molar-refractivity contribution in [3.63, 3.8) is 0 Å². The zero-order valence-electron chi connectivity index (χ0n) is 9.21. The lowest BCUT2D eigenvalue weighted by atomic mass is 10.0. The van der Waals surface area contributed by atoms with Crippen molar-refractivity contribution >= 4 is 17.4 Å². The number of rotatable bonds is 1. The molecule has 0 amide bonds. The van der Waals surface area contributed by atoms with Gasteiger partial charge in [-0.05, 0) is 6.07 Å². The van der Waals surface area contributed by atoms with E-state index in [4.69, 9.17) is 16.3 Å². The lowest BCUT2D eigenvalue weighted by Crippen LogP contribution is -2.30. The summed E-state index contributed by atoms with van der Waals surface area (Å²) in [5, 5.41) is 9.73. The van der Waals surface area contributed by atoms with Gasteiger partial charge in [0.25, 0.3) is 0 Å². The first kappa shape index (κ1) is 11.1. The van der Waals surface area contributed by atoms with Crippen molar-refractivity contribution in [3.8, 4) is 11.5 Å². The fourth-order valence-corrected chi connectivity index (χ4v) is 2.27. The molecule has 1 atom stereocenters. The van der Waals surface area contributed by atoms with Crippen molar-refractivity contribution < 1.29 is 14.6 Å². The highest BCUT2D eigenvalue weighted by molar-refractivity contribution is 6.33. The lowest BCUT2D eigenvalue weighted by Gasteiger charge is -2.25. The predicted octanol–water partition coefficient (Wildman–Crippen LogP) is 2.06. The third-order valence-corrected chi connectivity index (χ3v) is 3.15. The Morgan fingerprint density at radius 2 is 2.33 bits per heavy atom. The molecule has 2 aromatic rings. The number of ketones is 1. The van der Waals surface area contributed by atoms with Gasteiger partial charge in [0.1, 0.15) is 24.1 Å². The summed E-state index contributed by atoms with van der Waals surface area (Å²) in [4.78, 5) is 16.2. The van der Waals surface area contributed by atoms with Gasteiger partial charge in [-0.2, -0.15) is 0 Å². The maximum absolute atomic E-state index is 12.3. The molecule has 6 heteroatoms. The maximum atomic E-state index is 12.3.